The Morgan fingerprint density at radius 1 is 0.848 bits per heavy atom. The fraction of sp³-hybridized carbons (Fsp3) is 0.150. The van der Waals surface area contributed by atoms with Crippen molar-refractivity contribution in [1.82, 2.24) is 20.3 Å². The molecule has 0 radical (unpaired) electrons. The van der Waals surface area contributed by atoms with E-state index in [-0.39, 0.29) is 17.5 Å². The molecule has 0 unspecified atom stereocenters. The molecule has 1 heterocycles. The summed E-state index contributed by atoms with van der Waals surface area (Å²) >= 11 is 34.7. The van der Waals surface area contributed by atoms with Crippen molar-refractivity contribution in [2.45, 2.75) is 7.59 Å². The van der Waals surface area contributed by atoms with Gasteiger partial charge in [0.2, 0.25) is 14.0 Å². The fourth-order valence-corrected chi connectivity index (χ4v) is 2.73. The van der Waals surface area contributed by atoms with Crippen molar-refractivity contribution < 1.29 is 14.3 Å². The summed E-state index contributed by atoms with van der Waals surface area (Å²) in [6.45, 7) is 0. The van der Waals surface area contributed by atoms with Crippen LogP contribution in [0.4, 0.5) is 0 Å². The van der Waals surface area contributed by atoms with Crippen LogP contribution in [-0.2, 0) is 12.4 Å². The topological polar surface area (TPSA) is 94.1 Å². The molecule has 0 atom stereocenters. The molecule has 0 aliphatic rings. The number of nitrogens with zero attached hydrogens (tertiary/aromatic N) is 3. The van der Waals surface area contributed by atoms with E-state index < -0.39 is 13.5 Å². The highest BCUT2D eigenvalue weighted by molar-refractivity contribution is 6.67. The van der Waals surface area contributed by atoms with Crippen LogP contribution in [0.2, 0.25) is 0 Å². The van der Waals surface area contributed by atoms with E-state index >= 15 is 0 Å². The normalized spacial score (nSPS) is 11.1. The summed E-state index contributed by atoms with van der Waals surface area (Å²) in [5.41, 5.74) is 1.11. The zero-order chi connectivity index (χ0) is 24.6. The van der Waals surface area contributed by atoms with Crippen LogP contribution in [-0.4, -0.2) is 34.4 Å². The van der Waals surface area contributed by atoms with Crippen LogP contribution in [0.15, 0.2) is 54.6 Å². The van der Waals surface area contributed by atoms with Gasteiger partial charge in [0, 0.05) is 11.1 Å². The SMILES string of the molecule is COc1ccc(C(=O)NC=O)cc1.ClC(Cl)(Cl)c1nc(-c2ccccc2)nc(C(Cl)(Cl)Cl)n1. The van der Waals surface area contributed by atoms with Crippen molar-refractivity contribution in [3.8, 4) is 17.1 Å². The van der Waals surface area contributed by atoms with Crippen molar-refractivity contribution in [2.75, 3.05) is 7.11 Å². The van der Waals surface area contributed by atoms with E-state index in [0.29, 0.717) is 23.3 Å². The summed E-state index contributed by atoms with van der Waals surface area (Å²) < 4.78 is 1.21. The lowest BCUT2D eigenvalue weighted by atomic mass is 10.2. The van der Waals surface area contributed by atoms with E-state index in [0.717, 1.165) is 0 Å². The monoisotopic (exact) mass is 568 g/mol. The Bertz CT molecular complexity index is 1060. The van der Waals surface area contributed by atoms with Crippen molar-refractivity contribution in [1.29, 1.82) is 0 Å². The minimum Gasteiger partial charge on any atom is -0.497 e. The average molecular weight is 571 g/mol. The standard InChI is InChI=1S/C11H5Cl6N3.C9H9NO3/c12-10(13,14)8-18-7(6-4-2-1-3-5-6)19-9(20-8)11(15,16)17;1-13-8-4-2-7(3-5-8)9(12)10-6-11/h1-5H;2-6H,1H3,(H,10,11,12). The third-order valence-corrected chi connectivity index (χ3v) is 4.73. The summed E-state index contributed by atoms with van der Waals surface area (Å²) in [5, 5.41) is 2.04. The van der Waals surface area contributed by atoms with Crippen LogP contribution in [0, 0.1) is 0 Å². The van der Waals surface area contributed by atoms with Gasteiger partial charge in [-0.1, -0.05) is 99.9 Å². The summed E-state index contributed by atoms with van der Waals surface area (Å²) in [6.07, 6.45) is 0.354. The van der Waals surface area contributed by atoms with Gasteiger partial charge in [-0.15, -0.1) is 0 Å². The Morgan fingerprint density at radius 2 is 1.36 bits per heavy atom. The Morgan fingerprint density at radius 3 is 1.79 bits per heavy atom. The summed E-state index contributed by atoms with van der Waals surface area (Å²) in [4.78, 5) is 33.1. The second kappa shape index (κ2) is 12.0. The maximum atomic E-state index is 11.1. The number of carbonyl (C=O) groups is 2. The lowest BCUT2D eigenvalue weighted by Gasteiger charge is -2.15. The first-order chi connectivity index (χ1) is 15.5. The molecule has 0 bridgehead atoms. The molecule has 3 aromatic rings. The third kappa shape index (κ3) is 8.45. The Balaban J connectivity index is 0.000000257. The zero-order valence-corrected chi connectivity index (χ0v) is 21.1. The van der Waals surface area contributed by atoms with E-state index in [2.05, 4.69) is 15.0 Å². The van der Waals surface area contributed by atoms with Gasteiger partial charge in [-0.2, -0.15) is 0 Å². The van der Waals surface area contributed by atoms with E-state index in [1.807, 2.05) is 23.5 Å². The van der Waals surface area contributed by atoms with Crippen molar-refractivity contribution in [3.05, 3.63) is 71.8 Å². The lowest BCUT2D eigenvalue weighted by Crippen LogP contribution is -2.20. The molecule has 3 rings (SSSR count). The largest absolute Gasteiger partial charge is 0.497 e. The zero-order valence-electron chi connectivity index (χ0n) is 16.6. The molecule has 0 aliphatic carbocycles. The van der Waals surface area contributed by atoms with Crippen molar-refractivity contribution in [2.24, 2.45) is 0 Å². The Hall–Kier alpha value is -1.87. The maximum absolute atomic E-state index is 11.1. The van der Waals surface area contributed by atoms with E-state index in [1.54, 1.807) is 43.5 Å². The van der Waals surface area contributed by atoms with Gasteiger partial charge in [0.15, 0.2) is 17.5 Å². The molecule has 33 heavy (non-hydrogen) atoms. The summed E-state index contributed by atoms with van der Waals surface area (Å²) in [7, 11) is 1.54. The molecule has 174 valence electrons. The second-order valence-corrected chi connectivity index (χ2v) is 10.6. The van der Waals surface area contributed by atoms with Gasteiger partial charge in [-0.25, -0.2) is 15.0 Å². The predicted octanol–water partition coefficient (Wildman–Crippen LogP) is 5.77. The van der Waals surface area contributed by atoms with Gasteiger partial charge in [-0.05, 0) is 24.3 Å². The van der Waals surface area contributed by atoms with Gasteiger partial charge < -0.3 is 4.74 Å². The number of hydrogen-bond donors (Lipinski definition) is 1. The number of methoxy groups -OCH3 is 1. The smallest absolute Gasteiger partial charge is 0.257 e. The molecule has 0 aliphatic heterocycles. The van der Waals surface area contributed by atoms with Crippen LogP contribution in [0.3, 0.4) is 0 Å². The highest BCUT2D eigenvalue weighted by atomic mass is 35.6. The Kier molecular flexibility index (Phi) is 9.97. The minimum atomic E-state index is -1.85. The average Bonchev–Trinajstić information content (AvgIpc) is 2.79. The summed E-state index contributed by atoms with van der Waals surface area (Å²) in [6, 6.07) is 15.5. The van der Waals surface area contributed by atoms with E-state index in [9.17, 15) is 9.59 Å². The van der Waals surface area contributed by atoms with Gasteiger partial charge in [-0.3, -0.25) is 14.9 Å². The van der Waals surface area contributed by atoms with Crippen LogP contribution < -0.4 is 10.1 Å². The second-order valence-electron chi connectivity index (χ2n) is 5.99. The molecule has 0 saturated heterocycles. The van der Waals surface area contributed by atoms with Gasteiger partial charge in [0.05, 0.1) is 7.11 Å². The summed E-state index contributed by atoms with van der Waals surface area (Å²) in [5.74, 6) is 0.277. The Labute approximate surface area is 219 Å². The fourth-order valence-electron chi connectivity index (χ4n) is 2.23. The van der Waals surface area contributed by atoms with Gasteiger partial charge in [0.1, 0.15) is 5.75 Å². The molecule has 0 fully saturated rings. The van der Waals surface area contributed by atoms with Crippen LogP contribution >= 0.6 is 69.6 Å². The number of hydrogen-bond acceptors (Lipinski definition) is 6. The van der Waals surface area contributed by atoms with Crippen LogP contribution in [0.1, 0.15) is 22.0 Å². The van der Waals surface area contributed by atoms with Crippen LogP contribution in [0.5, 0.6) is 5.75 Å². The number of halogens is 6. The third-order valence-electron chi connectivity index (χ3n) is 3.72. The number of benzene rings is 2. The highest BCUT2D eigenvalue weighted by Gasteiger charge is 2.33. The molecule has 0 saturated carbocycles. The predicted molar refractivity (Wildman–Crippen MR) is 130 cm³/mol. The quantitative estimate of drug-likeness (QED) is 0.316. The van der Waals surface area contributed by atoms with Crippen LogP contribution in [0.25, 0.3) is 11.4 Å². The molecular formula is C20H14Cl6N4O3. The first-order valence-electron chi connectivity index (χ1n) is 8.80. The molecule has 1 N–H and O–H groups in total. The number of carbonyl (C=O) groups excluding carboxylic acids is 2. The number of nitrogens with one attached hydrogen (secondary N) is 1. The lowest BCUT2D eigenvalue weighted by molar-refractivity contribution is -0.108. The number of amides is 2. The molecule has 2 amide bonds. The van der Waals surface area contributed by atoms with Crippen molar-refractivity contribution in [3.63, 3.8) is 0 Å². The van der Waals surface area contributed by atoms with Gasteiger partial charge in [0.25, 0.3) is 5.91 Å². The van der Waals surface area contributed by atoms with Crippen molar-refractivity contribution >= 4 is 81.9 Å². The number of ether oxygens (including phenoxy) is 1. The number of alkyl halides is 6. The molecule has 1 aromatic heterocycles. The number of imide groups is 1. The van der Waals surface area contributed by atoms with E-state index in [1.165, 1.54) is 0 Å². The first-order valence-corrected chi connectivity index (χ1v) is 11.1. The van der Waals surface area contributed by atoms with Gasteiger partial charge >= 0.3 is 0 Å². The molecule has 13 heteroatoms. The molecular weight excluding hydrogens is 557 g/mol. The van der Waals surface area contributed by atoms with E-state index in [4.69, 9.17) is 74.3 Å². The molecule has 7 nitrogen and oxygen atoms in total. The number of rotatable bonds is 4. The maximum Gasteiger partial charge on any atom is 0.257 e. The minimum absolute atomic E-state index is 0.113. The first kappa shape index (κ1) is 27.4. The molecule has 2 aromatic carbocycles. The molecule has 0 spiro atoms. The number of aromatic nitrogens is 3. The highest BCUT2D eigenvalue weighted by Crippen LogP contribution is 2.40.